The van der Waals surface area contributed by atoms with Crippen molar-refractivity contribution in [2.45, 2.75) is 77.0 Å². The van der Waals surface area contributed by atoms with Crippen LogP contribution in [0.1, 0.15) is 58.8 Å². The first-order valence-corrected chi connectivity index (χ1v) is 7.12. The zero-order chi connectivity index (χ0) is 11.5. The van der Waals surface area contributed by atoms with Gasteiger partial charge in [-0.3, -0.25) is 4.90 Å². The third-order valence-corrected chi connectivity index (χ3v) is 4.75. The molecule has 1 saturated carbocycles. The van der Waals surface area contributed by atoms with Crippen LogP contribution in [0, 0.1) is 5.92 Å². The summed E-state index contributed by atoms with van der Waals surface area (Å²) in [7, 11) is 0. The van der Waals surface area contributed by atoms with E-state index in [1.165, 1.54) is 45.1 Å². The predicted octanol–water partition coefficient (Wildman–Crippen LogP) is 2.80. The minimum Gasteiger partial charge on any atom is -0.393 e. The first kappa shape index (κ1) is 12.4. The lowest BCUT2D eigenvalue weighted by Crippen LogP contribution is -2.44. The Morgan fingerprint density at radius 1 is 1.00 bits per heavy atom. The molecule has 2 fully saturated rings. The molecule has 16 heavy (non-hydrogen) atoms. The Kier molecular flexibility index (Phi) is 4.26. The molecule has 0 bridgehead atoms. The van der Waals surface area contributed by atoms with E-state index in [1.54, 1.807) is 0 Å². The highest BCUT2D eigenvalue weighted by Crippen LogP contribution is 2.30. The molecule has 1 N–H and O–H groups in total. The molecule has 1 aliphatic heterocycles. The molecule has 2 aliphatic rings. The van der Waals surface area contributed by atoms with Gasteiger partial charge in [0.2, 0.25) is 0 Å². The van der Waals surface area contributed by atoms with Crippen LogP contribution in [0.15, 0.2) is 0 Å². The molecule has 1 saturated heterocycles. The fourth-order valence-electron chi connectivity index (χ4n) is 3.58. The molecule has 2 heteroatoms. The van der Waals surface area contributed by atoms with Crippen LogP contribution >= 0.6 is 0 Å². The minimum absolute atomic E-state index is 0.00426. The van der Waals surface area contributed by atoms with Crippen LogP contribution < -0.4 is 0 Å². The predicted molar refractivity (Wildman–Crippen MR) is 67.4 cm³/mol. The van der Waals surface area contributed by atoms with Crippen molar-refractivity contribution in [2.75, 3.05) is 6.54 Å². The number of piperidine rings is 1. The van der Waals surface area contributed by atoms with E-state index >= 15 is 0 Å². The summed E-state index contributed by atoms with van der Waals surface area (Å²) in [6, 6.07) is 1.50. The highest BCUT2D eigenvalue weighted by molar-refractivity contribution is 4.82. The molecular formula is C14H27NO. The third kappa shape index (κ3) is 2.78. The van der Waals surface area contributed by atoms with Crippen LogP contribution in [-0.2, 0) is 0 Å². The number of rotatable bonds is 3. The number of aliphatic hydroxyl groups is 1. The summed E-state index contributed by atoms with van der Waals surface area (Å²) in [4.78, 5) is 2.66. The Morgan fingerprint density at radius 3 is 2.19 bits per heavy atom. The number of hydrogen-bond acceptors (Lipinski definition) is 2. The highest BCUT2D eigenvalue weighted by Gasteiger charge is 2.28. The normalized spacial score (nSPS) is 41.4. The van der Waals surface area contributed by atoms with E-state index in [1.807, 2.05) is 0 Å². The summed E-state index contributed by atoms with van der Waals surface area (Å²) in [5, 5.41) is 9.83. The first-order valence-electron chi connectivity index (χ1n) is 7.12. The van der Waals surface area contributed by atoms with Gasteiger partial charge in [-0.25, -0.2) is 0 Å². The monoisotopic (exact) mass is 225 g/mol. The van der Waals surface area contributed by atoms with E-state index in [9.17, 15) is 5.11 Å². The van der Waals surface area contributed by atoms with Gasteiger partial charge in [-0.05, 0) is 58.4 Å². The average Bonchev–Trinajstić information content (AvgIpc) is 2.64. The molecule has 2 nitrogen and oxygen atoms in total. The highest BCUT2D eigenvalue weighted by atomic mass is 16.3. The fourth-order valence-corrected chi connectivity index (χ4v) is 3.58. The Balaban J connectivity index is 1.79. The maximum Gasteiger partial charge on any atom is 0.0568 e. The molecule has 0 aromatic heterocycles. The summed E-state index contributed by atoms with van der Waals surface area (Å²) in [6.07, 6.45) is 8.83. The number of likely N-dealkylation sites (tertiary alicyclic amines) is 1. The van der Waals surface area contributed by atoms with E-state index in [2.05, 4.69) is 18.7 Å². The molecule has 0 aromatic carbocycles. The van der Waals surface area contributed by atoms with Gasteiger partial charge in [0.1, 0.15) is 0 Å². The second-order valence-electron chi connectivity index (χ2n) is 5.91. The molecule has 0 amide bonds. The van der Waals surface area contributed by atoms with Gasteiger partial charge < -0.3 is 5.11 Å². The Morgan fingerprint density at radius 2 is 1.62 bits per heavy atom. The molecule has 0 radical (unpaired) electrons. The summed E-state index contributed by atoms with van der Waals surface area (Å²) >= 11 is 0. The van der Waals surface area contributed by atoms with Gasteiger partial charge in [0.15, 0.2) is 0 Å². The molecule has 1 aliphatic carbocycles. The Labute approximate surface area is 100 Å². The van der Waals surface area contributed by atoms with Crippen molar-refractivity contribution in [3.63, 3.8) is 0 Å². The molecular weight excluding hydrogens is 198 g/mol. The van der Waals surface area contributed by atoms with E-state index in [4.69, 9.17) is 0 Å². The maximum absolute atomic E-state index is 9.83. The first-order chi connectivity index (χ1) is 7.68. The van der Waals surface area contributed by atoms with Crippen molar-refractivity contribution < 1.29 is 5.11 Å². The van der Waals surface area contributed by atoms with Crippen molar-refractivity contribution in [1.82, 2.24) is 4.90 Å². The van der Waals surface area contributed by atoms with Crippen molar-refractivity contribution >= 4 is 0 Å². The van der Waals surface area contributed by atoms with Crippen molar-refractivity contribution in [3.8, 4) is 0 Å². The van der Waals surface area contributed by atoms with E-state index in [0.29, 0.717) is 5.92 Å². The van der Waals surface area contributed by atoms with E-state index in [-0.39, 0.29) is 6.10 Å². The smallest absolute Gasteiger partial charge is 0.0568 e. The van der Waals surface area contributed by atoms with E-state index < -0.39 is 0 Å². The standard InChI is InChI=1S/C14H27NO/c1-11-5-3-6-12(2)15(11)10-9-13-7-4-8-14(13)16/h11-14,16H,3-10H2,1-2H3/t11-,12+,13?,14?. The summed E-state index contributed by atoms with van der Waals surface area (Å²) in [5.41, 5.74) is 0. The lowest BCUT2D eigenvalue weighted by Gasteiger charge is -2.39. The summed E-state index contributed by atoms with van der Waals surface area (Å²) in [5.74, 6) is 0.585. The lowest BCUT2D eigenvalue weighted by molar-refractivity contribution is 0.0752. The zero-order valence-corrected chi connectivity index (χ0v) is 10.9. The zero-order valence-electron chi connectivity index (χ0n) is 10.9. The maximum atomic E-state index is 9.83. The van der Waals surface area contributed by atoms with Crippen LogP contribution in [0.25, 0.3) is 0 Å². The molecule has 4 atom stereocenters. The van der Waals surface area contributed by atoms with Gasteiger partial charge in [-0.2, -0.15) is 0 Å². The van der Waals surface area contributed by atoms with Crippen molar-refractivity contribution in [1.29, 1.82) is 0 Å². The second kappa shape index (κ2) is 5.50. The van der Waals surface area contributed by atoms with Crippen LogP contribution in [-0.4, -0.2) is 34.7 Å². The van der Waals surface area contributed by atoms with Crippen molar-refractivity contribution in [2.24, 2.45) is 5.92 Å². The minimum atomic E-state index is -0.00426. The molecule has 2 rings (SSSR count). The molecule has 94 valence electrons. The number of hydrogen-bond donors (Lipinski definition) is 1. The van der Waals surface area contributed by atoms with Gasteiger partial charge in [0.25, 0.3) is 0 Å². The molecule has 0 aromatic rings. The third-order valence-electron chi connectivity index (χ3n) is 4.75. The van der Waals surface area contributed by atoms with Crippen LogP contribution in [0.5, 0.6) is 0 Å². The van der Waals surface area contributed by atoms with Crippen LogP contribution in [0.4, 0.5) is 0 Å². The number of nitrogens with zero attached hydrogens (tertiary/aromatic N) is 1. The lowest BCUT2D eigenvalue weighted by atomic mass is 9.95. The Bertz CT molecular complexity index is 209. The van der Waals surface area contributed by atoms with Crippen LogP contribution in [0.2, 0.25) is 0 Å². The molecule has 2 unspecified atom stereocenters. The van der Waals surface area contributed by atoms with Crippen molar-refractivity contribution in [3.05, 3.63) is 0 Å². The van der Waals surface area contributed by atoms with Gasteiger partial charge in [-0.15, -0.1) is 0 Å². The van der Waals surface area contributed by atoms with Gasteiger partial charge in [-0.1, -0.05) is 12.8 Å². The molecule has 1 heterocycles. The Hall–Kier alpha value is -0.0800. The summed E-state index contributed by atoms with van der Waals surface area (Å²) < 4.78 is 0. The van der Waals surface area contributed by atoms with Crippen LogP contribution in [0.3, 0.4) is 0 Å². The average molecular weight is 225 g/mol. The second-order valence-corrected chi connectivity index (χ2v) is 5.91. The van der Waals surface area contributed by atoms with Gasteiger partial charge in [0.05, 0.1) is 6.10 Å². The quantitative estimate of drug-likeness (QED) is 0.798. The summed E-state index contributed by atoms with van der Waals surface area (Å²) in [6.45, 7) is 5.92. The van der Waals surface area contributed by atoms with Gasteiger partial charge in [0, 0.05) is 12.1 Å². The molecule has 0 spiro atoms. The topological polar surface area (TPSA) is 23.5 Å². The van der Waals surface area contributed by atoms with Gasteiger partial charge >= 0.3 is 0 Å². The largest absolute Gasteiger partial charge is 0.393 e. The fraction of sp³-hybridized carbons (Fsp3) is 1.00. The number of aliphatic hydroxyl groups excluding tert-OH is 1. The SMILES string of the molecule is C[C@@H]1CCC[C@H](C)N1CCC1CCCC1O. The van der Waals surface area contributed by atoms with E-state index in [0.717, 1.165) is 18.5 Å².